The normalized spacial score (nSPS) is 12.8. The van der Waals surface area contributed by atoms with Crippen LogP contribution in [-0.2, 0) is 9.53 Å². The first-order valence-electron chi connectivity index (χ1n) is 7.75. The summed E-state index contributed by atoms with van der Waals surface area (Å²) in [6.45, 7) is 0. The van der Waals surface area contributed by atoms with E-state index in [2.05, 4.69) is 0 Å². The van der Waals surface area contributed by atoms with Crippen molar-refractivity contribution >= 4 is 5.97 Å². The van der Waals surface area contributed by atoms with E-state index in [1.807, 2.05) is 30.3 Å². The molecule has 2 rings (SSSR count). The largest absolute Gasteiger partial charge is 0.497 e. The Morgan fingerprint density at radius 2 is 1.48 bits per heavy atom. The van der Waals surface area contributed by atoms with Crippen molar-refractivity contribution < 1.29 is 23.7 Å². The fourth-order valence-electron chi connectivity index (χ4n) is 2.74. The quantitative estimate of drug-likeness (QED) is 0.776. The Labute approximate surface area is 147 Å². The van der Waals surface area contributed by atoms with E-state index in [1.54, 1.807) is 33.5 Å². The van der Waals surface area contributed by atoms with Gasteiger partial charge in [-0.25, -0.2) is 0 Å². The first-order chi connectivity index (χ1) is 12.0. The summed E-state index contributed by atoms with van der Waals surface area (Å²) in [5.74, 6) is 1.01. The minimum Gasteiger partial charge on any atom is -0.497 e. The van der Waals surface area contributed by atoms with Gasteiger partial charge < -0.3 is 24.7 Å². The molecule has 0 spiro atoms. The Hall–Kier alpha value is -2.73. The molecule has 2 N–H and O–H groups in total. The fraction of sp³-hybridized carbons (Fsp3) is 0.316. The number of esters is 1. The van der Waals surface area contributed by atoms with Gasteiger partial charge in [-0.15, -0.1) is 0 Å². The molecule has 2 aromatic carbocycles. The van der Waals surface area contributed by atoms with Crippen molar-refractivity contribution in [2.45, 2.75) is 12.0 Å². The molecular weight excluding hydrogens is 322 g/mol. The van der Waals surface area contributed by atoms with Crippen LogP contribution >= 0.6 is 0 Å². The van der Waals surface area contributed by atoms with Gasteiger partial charge in [0.1, 0.15) is 23.3 Å². The molecule has 0 aromatic heterocycles. The number of carbonyl (C=O) groups excluding carboxylic acids is 1. The summed E-state index contributed by atoms with van der Waals surface area (Å²) in [4.78, 5) is 12.1. The van der Waals surface area contributed by atoms with Crippen molar-refractivity contribution in [1.29, 1.82) is 0 Å². The molecule has 0 saturated heterocycles. The van der Waals surface area contributed by atoms with Gasteiger partial charge in [-0.05, 0) is 23.8 Å². The molecule has 0 heterocycles. The van der Waals surface area contributed by atoms with E-state index in [0.29, 0.717) is 11.5 Å². The van der Waals surface area contributed by atoms with E-state index in [1.165, 1.54) is 7.11 Å². The van der Waals surface area contributed by atoms with Crippen LogP contribution in [0.4, 0.5) is 0 Å². The Morgan fingerprint density at radius 1 is 0.880 bits per heavy atom. The zero-order valence-electron chi connectivity index (χ0n) is 14.8. The summed E-state index contributed by atoms with van der Waals surface area (Å²) < 4.78 is 20.8. The van der Waals surface area contributed by atoms with Crippen LogP contribution in [0.3, 0.4) is 0 Å². The number of benzene rings is 2. The Morgan fingerprint density at radius 3 is 2.00 bits per heavy atom. The number of rotatable bonds is 7. The first kappa shape index (κ1) is 18.6. The van der Waals surface area contributed by atoms with Crippen LogP contribution in [0.25, 0.3) is 0 Å². The summed E-state index contributed by atoms with van der Waals surface area (Å²) in [6, 6.07) is 11.9. The SMILES string of the molecule is COC(=O)[C@@H](N)[C@H](c1ccc(OC)cc1)c1ccc(OC)cc1OC. The summed E-state index contributed by atoms with van der Waals surface area (Å²) in [5, 5.41) is 0. The van der Waals surface area contributed by atoms with Crippen molar-refractivity contribution in [3.63, 3.8) is 0 Å². The van der Waals surface area contributed by atoms with E-state index in [-0.39, 0.29) is 0 Å². The van der Waals surface area contributed by atoms with Gasteiger partial charge in [0.2, 0.25) is 0 Å². The van der Waals surface area contributed by atoms with Crippen molar-refractivity contribution in [2.75, 3.05) is 28.4 Å². The molecule has 6 heteroatoms. The molecule has 25 heavy (non-hydrogen) atoms. The lowest BCUT2D eigenvalue weighted by molar-refractivity contribution is -0.142. The molecule has 0 unspecified atom stereocenters. The molecule has 0 fully saturated rings. The second kappa shape index (κ2) is 8.39. The lowest BCUT2D eigenvalue weighted by Crippen LogP contribution is -2.38. The van der Waals surface area contributed by atoms with Gasteiger partial charge in [-0.2, -0.15) is 0 Å². The van der Waals surface area contributed by atoms with Gasteiger partial charge in [0.25, 0.3) is 0 Å². The van der Waals surface area contributed by atoms with Crippen molar-refractivity contribution in [1.82, 2.24) is 0 Å². The Kier molecular flexibility index (Phi) is 6.25. The zero-order valence-corrected chi connectivity index (χ0v) is 14.8. The van der Waals surface area contributed by atoms with Gasteiger partial charge in [0, 0.05) is 17.5 Å². The number of carbonyl (C=O) groups is 1. The smallest absolute Gasteiger partial charge is 0.323 e. The molecule has 2 atom stereocenters. The maximum Gasteiger partial charge on any atom is 0.323 e. The highest BCUT2D eigenvalue weighted by atomic mass is 16.5. The van der Waals surface area contributed by atoms with Crippen LogP contribution in [-0.4, -0.2) is 40.5 Å². The van der Waals surface area contributed by atoms with Gasteiger partial charge >= 0.3 is 5.97 Å². The predicted octanol–water partition coefficient (Wildman–Crippen LogP) is 2.34. The first-order valence-corrected chi connectivity index (χ1v) is 7.75. The number of hydrogen-bond acceptors (Lipinski definition) is 6. The highest BCUT2D eigenvalue weighted by molar-refractivity contribution is 5.78. The van der Waals surface area contributed by atoms with E-state index in [9.17, 15) is 4.79 Å². The molecule has 0 radical (unpaired) electrons. The van der Waals surface area contributed by atoms with Crippen LogP contribution in [0, 0.1) is 0 Å². The van der Waals surface area contributed by atoms with Crippen molar-refractivity contribution in [2.24, 2.45) is 5.73 Å². The summed E-state index contributed by atoms with van der Waals surface area (Å²) in [7, 11) is 6.06. The predicted molar refractivity (Wildman–Crippen MR) is 94.4 cm³/mol. The average molecular weight is 345 g/mol. The molecule has 0 bridgehead atoms. The average Bonchev–Trinajstić information content (AvgIpc) is 2.67. The summed E-state index contributed by atoms with van der Waals surface area (Å²) >= 11 is 0. The van der Waals surface area contributed by atoms with Gasteiger partial charge in [0.15, 0.2) is 0 Å². The highest BCUT2D eigenvalue weighted by Crippen LogP contribution is 2.37. The molecule has 134 valence electrons. The van der Waals surface area contributed by atoms with Crippen molar-refractivity contribution in [3.05, 3.63) is 53.6 Å². The Balaban J connectivity index is 2.56. The molecule has 0 aliphatic heterocycles. The van der Waals surface area contributed by atoms with E-state index >= 15 is 0 Å². The van der Waals surface area contributed by atoms with Gasteiger partial charge in [0.05, 0.1) is 28.4 Å². The maximum absolute atomic E-state index is 12.1. The lowest BCUT2D eigenvalue weighted by Gasteiger charge is -2.25. The van der Waals surface area contributed by atoms with Gasteiger partial charge in [-0.3, -0.25) is 4.79 Å². The Bertz CT molecular complexity index is 714. The highest BCUT2D eigenvalue weighted by Gasteiger charge is 2.31. The molecule has 0 amide bonds. The zero-order chi connectivity index (χ0) is 18.4. The number of ether oxygens (including phenoxy) is 4. The molecule has 2 aromatic rings. The van der Waals surface area contributed by atoms with Crippen LogP contribution in [0.5, 0.6) is 17.2 Å². The molecule has 0 aliphatic carbocycles. The van der Waals surface area contributed by atoms with Crippen LogP contribution in [0.2, 0.25) is 0 Å². The van der Waals surface area contributed by atoms with Crippen molar-refractivity contribution in [3.8, 4) is 17.2 Å². The van der Waals surface area contributed by atoms with E-state index < -0.39 is 17.9 Å². The molecule has 6 nitrogen and oxygen atoms in total. The minimum atomic E-state index is -0.888. The second-order valence-electron chi connectivity index (χ2n) is 5.41. The second-order valence-corrected chi connectivity index (χ2v) is 5.41. The topological polar surface area (TPSA) is 80.0 Å². The standard InChI is InChI=1S/C19H23NO5/c1-22-13-7-5-12(6-8-13)17(18(20)19(21)25-4)15-10-9-14(23-2)11-16(15)24-3/h5-11,17-18H,20H2,1-4H3/t17-,18+/m1/s1. The summed E-state index contributed by atoms with van der Waals surface area (Å²) in [5.41, 5.74) is 7.83. The number of hydrogen-bond donors (Lipinski definition) is 1. The molecule has 0 saturated carbocycles. The fourth-order valence-corrected chi connectivity index (χ4v) is 2.74. The maximum atomic E-state index is 12.1. The number of nitrogens with two attached hydrogens (primary N) is 1. The monoisotopic (exact) mass is 345 g/mol. The van der Waals surface area contributed by atoms with Crippen LogP contribution in [0.15, 0.2) is 42.5 Å². The summed E-state index contributed by atoms with van der Waals surface area (Å²) in [6.07, 6.45) is 0. The molecular formula is C19H23NO5. The third-order valence-corrected chi connectivity index (χ3v) is 4.08. The minimum absolute atomic E-state index is 0.445. The lowest BCUT2D eigenvalue weighted by atomic mass is 9.84. The van der Waals surface area contributed by atoms with Gasteiger partial charge in [-0.1, -0.05) is 18.2 Å². The molecule has 0 aliphatic rings. The third-order valence-electron chi connectivity index (χ3n) is 4.08. The van der Waals surface area contributed by atoms with E-state index in [0.717, 1.165) is 16.9 Å². The van der Waals surface area contributed by atoms with Crippen LogP contribution in [0.1, 0.15) is 17.0 Å². The number of methoxy groups -OCH3 is 4. The van der Waals surface area contributed by atoms with E-state index in [4.69, 9.17) is 24.7 Å². The van der Waals surface area contributed by atoms with Crippen LogP contribution < -0.4 is 19.9 Å². The third kappa shape index (κ3) is 4.03.